The SMILES string of the molecule is CCOCCc1cc2cc3ccc(cc4nc(cc5nc(cc1[nH]2)C=C5)C=C4)[nH]3. The van der Waals surface area contributed by atoms with Crippen LogP contribution in [0.2, 0.25) is 0 Å². The first-order valence-electron chi connectivity index (χ1n) is 9.90. The minimum absolute atomic E-state index is 0.703. The Hall–Kier alpha value is -3.44. The van der Waals surface area contributed by atoms with Crippen LogP contribution in [0.3, 0.4) is 0 Å². The Morgan fingerprint density at radius 3 is 2.10 bits per heavy atom. The third-order valence-corrected chi connectivity index (χ3v) is 4.97. The molecule has 0 aliphatic carbocycles. The molecule has 8 bridgehead atoms. The van der Waals surface area contributed by atoms with Crippen molar-refractivity contribution in [1.29, 1.82) is 0 Å². The highest BCUT2D eigenvalue weighted by Gasteiger charge is 2.05. The van der Waals surface area contributed by atoms with Gasteiger partial charge in [-0.25, -0.2) is 9.97 Å². The molecule has 0 fully saturated rings. The van der Waals surface area contributed by atoms with Crippen molar-refractivity contribution in [2.75, 3.05) is 13.2 Å². The van der Waals surface area contributed by atoms with Crippen molar-refractivity contribution >= 4 is 46.4 Å². The van der Waals surface area contributed by atoms with E-state index in [1.165, 1.54) is 5.56 Å². The fraction of sp³-hybridized carbons (Fsp3) is 0.167. The molecular formula is C24H22N4O. The molecule has 2 aliphatic heterocycles. The van der Waals surface area contributed by atoms with Gasteiger partial charge in [0.1, 0.15) is 0 Å². The second kappa shape index (κ2) is 7.53. The Morgan fingerprint density at radius 1 is 0.724 bits per heavy atom. The zero-order chi connectivity index (χ0) is 19.6. The van der Waals surface area contributed by atoms with Gasteiger partial charge in [0.2, 0.25) is 0 Å². The molecule has 0 unspecified atom stereocenters. The van der Waals surface area contributed by atoms with Crippen molar-refractivity contribution in [3.8, 4) is 0 Å². The first-order valence-corrected chi connectivity index (χ1v) is 9.90. The van der Waals surface area contributed by atoms with Crippen LogP contribution >= 0.6 is 0 Å². The Labute approximate surface area is 168 Å². The predicted octanol–water partition coefficient (Wildman–Crippen LogP) is 5.23. The van der Waals surface area contributed by atoms with Gasteiger partial charge in [-0.05, 0) is 85.7 Å². The molecule has 5 nitrogen and oxygen atoms in total. The summed E-state index contributed by atoms with van der Waals surface area (Å²) in [5.41, 5.74) is 9.08. The quantitative estimate of drug-likeness (QED) is 0.418. The lowest BCUT2D eigenvalue weighted by molar-refractivity contribution is 0.151. The van der Waals surface area contributed by atoms with Gasteiger partial charge in [0.05, 0.1) is 29.4 Å². The molecule has 5 heterocycles. The molecule has 2 aliphatic rings. The molecule has 3 aromatic heterocycles. The second-order valence-electron chi connectivity index (χ2n) is 7.15. The van der Waals surface area contributed by atoms with Crippen LogP contribution in [0.15, 0.2) is 42.5 Å². The van der Waals surface area contributed by atoms with E-state index < -0.39 is 0 Å². The number of nitrogens with one attached hydrogen (secondary N) is 2. The fourth-order valence-corrected chi connectivity index (χ4v) is 3.61. The zero-order valence-electron chi connectivity index (χ0n) is 16.3. The van der Waals surface area contributed by atoms with Gasteiger partial charge in [0, 0.05) is 28.7 Å². The fourth-order valence-electron chi connectivity index (χ4n) is 3.61. The summed E-state index contributed by atoms with van der Waals surface area (Å²) in [6, 6.07) is 14.6. The highest BCUT2D eigenvalue weighted by Crippen LogP contribution is 2.20. The summed E-state index contributed by atoms with van der Waals surface area (Å²) in [5.74, 6) is 0. The van der Waals surface area contributed by atoms with Crippen molar-refractivity contribution in [1.82, 2.24) is 19.9 Å². The van der Waals surface area contributed by atoms with Gasteiger partial charge in [-0.3, -0.25) is 0 Å². The third kappa shape index (κ3) is 3.91. The number of hydrogen-bond donors (Lipinski definition) is 2. The van der Waals surface area contributed by atoms with E-state index in [1.807, 2.05) is 43.4 Å². The van der Waals surface area contributed by atoms with E-state index in [9.17, 15) is 0 Å². The van der Waals surface area contributed by atoms with Gasteiger partial charge in [-0.2, -0.15) is 0 Å². The molecule has 5 rings (SSSR count). The van der Waals surface area contributed by atoms with Crippen LogP contribution in [0.1, 0.15) is 35.3 Å². The van der Waals surface area contributed by atoms with Gasteiger partial charge in [0.15, 0.2) is 0 Å². The van der Waals surface area contributed by atoms with E-state index in [2.05, 4.69) is 45.3 Å². The highest BCUT2D eigenvalue weighted by atomic mass is 16.5. The lowest BCUT2D eigenvalue weighted by Crippen LogP contribution is -1.96. The average molecular weight is 382 g/mol. The van der Waals surface area contributed by atoms with Crippen molar-refractivity contribution in [2.45, 2.75) is 13.3 Å². The maximum Gasteiger partial charge on any atom is 0.0659 e. The molecule has 0 saturated heterocycles. The minimum atomic E-state index is 0.703. The van der Waals surface area contributed by atoms with Gasteiger partial charge < -0.3 is 14.7 Å². The van der Waals surface area contributed by atoms with E-state index in [4.69, 9.17) is 9.72 Å². The molecule has 0 atom stereocenters. The van der Waals surface area contributed by atoms with E-state index in [0.29, 0.717) is 6.61 Å². The number of ether oxygens (including phenoxy) is 1. The highest BCUT2D eigenvalue weighted by molar-refractivity contribution is 5.78. The number of fused-ring (bicyclic) bond motifs is 8. The normalized spacial score (nSPS) is 12.6. The number of nitrogens with zero attached hydrogens (tertiary/aromatic N) is 2. The molecule has 0 saturated carbocycles. The van der Waals surface area contributed by atoms with E-state index >= 15 is 0 Å². The number of aromatic nitrogens is 4. The van der Waals surface area contributed by atoms with E-state index in [-0.39, 0.29) is 0 Å². The summed E-state index contributed by atoms with van der Waals surface area (Å²) in [7, 11) is 0. The van der Waals surface area contributed by atoms with E-state index in [1.54, 1.807) is 0 Å². The number of rotatable bonds is 4. The smallest absolute Gasteiger partial charge is 0.0659 e. The molecular weight excluding hydrogens is 360 g/mol. The van der Waals surface area contributed by atoms with Gasteiger partial charge in [-0.15, -0.1) is 0 Å². The summed E-state index contributed by atoms with van der Waals surface area (Å²) in [4.78, 5) is 16.4. The topological polar surface area (TPSA) is 66.6 Å². The van der Waals surface area contributed by atoms with Crippen molar-refractivity contribution < 1.29 is 4.74 Å². The van der Waals surface area contributed by atoms with Crippen molar-refractivity contribution in [3.05, 3.63) is 70.8 Å². The van der Waals surface area contributed by atoms with Gasteiger partial charge in [-0.1, -0.05) is 0 Å². The van der Waals surface area contributed by atoms with Gasteiger partial charge in [0.25, 0.3) is 0 Å². The van der Waals surface area contributed by atoms with Crippen LogP contribution < -0.4 is 0 Å². The zero-order valence-corrected chi connectivity index (χ0v) is 16.3. The summed E-state index contributed by atoms with van der Waals surface area (Å²) in [6.07, 6.45) is 8.95. The molecule has 0 spiro atoms. The number of H-pyrrole nitrogens is 2. The standard InChI is InChI=1S/C24H22N4O/c1-2-29-10-9-16-11-23-14-21-6-5-19(26-21)12-17-3-4-18(25-17)13-20-7-8-22(27-20)15-24(16)28-23/h3-8,11-15,26,28H,2,9-10H2,1H3. The number of hydrogen-bond acceptors (Lipinski definition) is 3. The van der Waals surface area contributed by atoms with Crippen LogP contribution in [0.4, 0.5) is 0 Å². The first-order chi connectivity index (χ1) is 14.2. The summed E-state index contributed by atoms with van der Waals surface area (Å²) < 4.78 is 5.57. The Kier molecular flexibility index (Phi) is 4.58. The second-order valence-corrected chi connectivity index (χ2v) is 7.15. The summed E-state index contributed by atoms with van der Waals surface area (Å²) >= 11 is 0. The predicted molar refractivity (Wildman–Crippen MR) is 119 cm³/mol. The first kappa shape index (κ1) is 17.6. The Balaban J connectivity index is 1.74. The minimum Gasteiger partial charge on any atom is -0.381 e. The largest absolute Gasteiger partial charge is 0.381 e. The van der Waals surface area contributed by atoms with Gasteiger partial charge >= 0.3 is 0 Å². The average Bonchev–Trinajstić information content (AvgIpc) is 3.47. The van der Waals surface area contributed by atoms with Crippen LogP contribution in [0.25, 0.3) is 46.4 Å². The van der Waals surface area contributed by atoms with Crippen LogP contribution in [-0.2, 0) is 11.2 Å². The molecule has 0 amide bonds. The molecule has 144 valence electrons. The maximum absolute atomic E-state index is 5.57. The van der Waals surface area contributed by atoms with Crippen LogP contribution in [0.5, 0.6) is 0 Å². The molecule has 2 N–H and O–H groups in total. The summed E-state index contributed by atoms with van der Waals surface area (Å²) in [6.45, 7) is 3.45. The van der Waals surface area contributed by atoms with E-state index in [0.717, 1.165) is 57.9 Å². The Morgan fingerprint density at radius 2 is 1.38 bits per heavy atom. The maximum atomic E-state index is 5.57. The Bertz CT molecular complexity index is 1280. The van der Waals surface area contributed by atoms with Crippen LogP contribution in [-0.4, -0.2) is 33.1 Å². The third-order valence-electron chi connectivity index (χ3n) is 4.97. The molecule has 5 heteroatoms. The van der Waals surface area contributed by atoms with Crippen molar-refractivity contribution in [2.24, 2.45) is 0 Å². The molecule has 0 radical (unpaired) electrons. The number of aromatic amines is 2. The van der Waals surface area contributed by atoms with Crippen LogP contribution in [0, 0.1) is 0 Å². The monoisotopic (exact) mass is 382 g/mol. The molecule has 0 aromatic carbocycles. The summed E-state index contributed by atoms with van der Waals surface area (Å²) in [5, 5.41) is 0. The van der Waals surface area contributed by atoms with Crippen molar-refractivity contribution in [3.63, 3.8) is 0 Å². The lowest BCUT2D eigenvalue weighted by atomic mass is 10.2. The molecule has 3 aromatic rings. The lowest BCUT2D eigenvalue weighted by Gasteiger charge is -1.99. The molecule has 29 heavy (non-hydrogen) atoms.